The van der Waals surface area contributed by atoms with Gasteiger partial charge in [0.05, 0.1) is 6.61 Å². The van der Waals surface area contributed by atoms with Crippen LogP contribution in [0.5, 0.6) is 5.75 Å². The van der Waals surface area contributed by atoms with Gasteiger partial charge in [-0.25, -0.2) is 0 Å². The molecule has 2 unspecified atom stereocenters. The molecule has 1 aliphatic carbocycles. The molecular formula is C22H34N2O3. The lowest BCUT2D eigenvalue weighted by atomic mass is 9.78. The zero-order chi connectivity index (χ0) is 19.1. The van der Waals surface area contributed by atoms with Crippen LogP contribution in [-0.2, 0) is 9.53 Å². The molecule has 5 heteroatoms. The number of carbonyl (C=O) groups excluding carboxylic acids is 1. The summed E-state index contributed by atoms with van der Waals surface area (Å²) in [5, 5.41) is 3.03. The van der Waals surface area contributed by atoms with Crippen molar-refractivity contribution in [2.75, 3.05) is 38.7 Å². The summed E-state index contributed by atoms with van der Waals surface area (Å²) in [6.45, 7) is 6.50. The van der Waals surface area contributed by atoms with Crippen LogP contribution in [0, 0.1) is 5.92 Å². The third kappa shape index (κ3) is 5.45. The fourth-order valence-corrected chi connectivity index (χ4v) is 4.35. The molecule has 3 rings (SSSR count). The van der Waals surface area contributed by atoms with Crippen molar-refractivity contribution in [1.82, 2.24) is 4.90 Å². The number of hydrogen-bond acceptors (Lipinski definition) is 4. The van der Waals surface area contributed by atoms with Gasteiger partial charge in [0.1, 0.15) is 11.4 Å². The second-order valence-corrected chi connectivity index (χ2v) is 8.13. The maximum absolute atomic E-state index is 12.8. The lowest BCUT2D eigenvalue weighted by Crippen LogP contribution is -2.47. The zero-order valence-electron chi connectivity index (χ0n) is 16.8. The fourth-order valence-electron chi connectivity index (χ4n) is 4.35. The lowest BCUT2D eigenvalue weighted by Gasteiger charge is -2.37. The highest BCUT2D eigenvalue weighted by Gasteiger charge is 2.41. The SMILES string of the molecule is COC1(C(=O)Nc2ccc(OCCCN3CCCC3)cc2)CCCC(C)C1. The van der Waals surface area contributed by atoms with Gasteiger partial charge in [-0.15, -0.1) is 0 Å². The van der Waals surface area contributed by atoms with Gasteiger partial charge in [0.15, 0.2) is 0 Å². The molecule has 0 radical (unpaired) electrons. The van der Waals surface area contributed by atoms with E-state index in [1.54, 1.807) is 7.11 Å². The van der Waals surface area contributed by atoms with Gasteiger partial charge in [-0.2, -0.15) is 0 Å². The van der Waals surface area contributed by atoms with E-state index in [2.05, 4.69) is 17.1 Å². The minimum absolute atomic E-state index is 0.0316. The highest BCUT2D eigenvalue weighted by Crippen LogP contribution is 2.35. The average Bonchev–Trinajstić information content (AvgIpc) is 3.20. The number of benzene rings is 1. The molecular weight excluding hydrogens is 340 g/mol. The predicted molar refractivity (Wildman–Crippen MR) is 108 cm³/mol. The molecule has 1 amide bonds. The molecule has 1 saturated heterocycles. The van der Waals surface area contributed by atoms with Crippen molar-refractivity contribution in [2.24, 2.45) is 5.92 Å². The Balaban J connectivity index is 1.45. The van der Waals surface area contributed by atoms with Gasteiger partial charge in [0.2, 0.25) is 0 Å². The van der Waals surface area contributed by atoms with E-state index < -0.39 is 5.60 Å². The van der Waals surface area contributed by atoms with Crippen molar-refractivity contribution in [3.63, 3.8) is 0 Å². The summed E-state index contributed by atoms with van der Waals surface area (Å²) in [4.78, 5) is 15.3. The molecule has 1 saturated carbocycles. The van der Waals surface area contributed by atoms with Crippen LogP contribution in [0.25, 0.3) is 0 Å². The first-order valence-corrected chi connectivity index (χ1v) is 10.4. The summed E-state index contributed by atoms with van der Waals surface area (Å²) in [6.07, 6.45) is 7.49. The van der Waals surface area contributed by atoms with E-state index in [1.807, 2.05) is 24.3 Å². The van der Waals surface area contributed by atoms with Crippen LogP contribution in [0.1, 0.15) is 51.9 Å². The summed E-state index contributed by atoms with van der Waals surface area (Å²) in [6, 6.07) is 7.66. The van der Waals surface area contributed by atoms with Crippen LogP contribution in [0.3, 0.4) is 0 Å². The van der Waals surface area contributed by atoms with Crippen molar-refractivity contribution in [3.05, 3.63) is 24.3 Å². The molecule has 2 atom stereocenters. The molecule has 2 aliphatic rings. The van der Waals surface area contributed by atoms with E-state index in [4.69, 9.17) is 9.47 Å². The van der Waals surface area contributed by atoms with Gasteiger partial charge >= 0.3 is 0 Å². The maximum atomic E-state index is 12.8. The molecule has 5 nitrogen and oxygen atoms in total. The highest BCUT2D eigenvalue weighted by molar-refractivity contribution is 5.97. The summed E-state index contributed by atoms with van der Waals surface area (Å²) in [5.74, 6) is 1.33. The lowest BCUT2D eigenvalue weighted by molar-refractivity contribution is -0.143. The molecule has 1 aromatic carbocycles. The summed E-state index contributed by atoms with van der Waals surface area (Å²) in [7, 11) is 1.65. The molecule has 0 spiro atoms. The first kappa shape index (κ1) is 20.2. The average molecular weight is 375 g/mol. The molecule has 0 bridgehead atoms. The van der Waals surface area contributed by atoms with E-state index in [0.717, 1.165) is 50.3 Å². The molecule has 150 valence electrons. The second kappa shape index (κ2) is 9.56. The van der Waals surface area contributed by atoms with Gasteiger partial charge in [0.25, 0.3) is 5.91 Å². The second-order valence-electron chi connectivity index (χ2n) is 8.13. The number of likely N-dealkylation sites (tertiary alicyclic amines) is 1. The summed E-state index contributed by atoms with van der Waals surface area (Å²) in [5.41, 5.74) is 0.0988. The molecule has 0 aromatic heterocycles. The number of amides is 1. The number of methoxy groups -OCH3 is 1. The van der Waals surface area contributed by atoms with E-state index in [0.29, 0.717) is 5.92 Å². The first-order valence-electron chi connectivity index (χ1n) is 10.4. The molecule has 1 aliphatic heterocycles. The van der Waals surface area contributed by atoms with Crippen molar-refractivity contribution >= 4 is 11.6 Å². The van der Waals surface area contributed by atoms with E-state index in [1.165, 1.54) is 32.4 Å². The summed E-state index contributed by atoms with van der Waals surface area (Å²) >= 11 is 0. The number of rotatable bonds is 8. The molecule has 1 N–H and O–H groups in total. The van der Waals surface area contributed by atoms with Gasteiger partial charge in [0, 0.05) is 19.3 Å². The Morgan fingerprint density at radius 2 is 1.96 bits per heavy atom. The van der Waals surface area contributed by atoms with Gasteiger partial charge in [-0.3, -0.25) is 4.79 Å². The first-order chi connectivity index (χ1) is 13.1. The van der Waals surface area contributed by atoms with E-state index in [9.17, 15) is 4.79 Å². The Bertz CT molecular complexity index is 598. The number of nitrogens with one attached hydrogen (secondary N) is 1. The van der Waals surface area contributed by atoms with E-state index >= 15 is 0 Å². The van der Waals surface area contributed by atoms with Gasteiger partial charge < -0.3 is 19.7 Å². The monoisotopic (exact) mass is 374 g/mol. The van der Waals surface area contributed by atoms with E-state index in [-0.39, 0.29) is 5.91 Å². The fraction of sp³-hybridized carbons (Fsp3) is 0.682. The molecule has 2 fully saturated rings. The van der Waals surface area contributed by atoms with Crippen LogP contribution in [-0.4, -0.2) is 49.8 Å². The van der Waals surface area contributed by atoms with Crippen molar-refractivity contribution < 1.29 is 14.3 Å². The topological polar surface area (TPSA) is 50.8 Å². The third-order valence-electron chi connectivity index (χ3n) is 5.96. The van der Waals surface area contributed by atoms with Gasteiger partial charge in [-0.05, 0) is 81.8 Å². The van der Waals surface area contributed by atoms with Crippen LogP contribution >= 0.6 is 0 Å². The quantitative estimate of drug-likeness (QED) is 0.697. The number of carbonyl (C=O) groups is 1. The van der Waals surface area contributed by atoms with Crippen molar-refractivity contribution in [2.45, 2.75) is 57.5 Å². The van der Waals surface area contributed by atoms with Crippen LogP contribution in [0.4, 0.5) is 5.69 Å². The maximum Gasteiger partial charge on any atom is 0.256 e. The largest absolute Gasteiger partial charge is 0.494 e. The van der Waals surface area contributed by atoms with Crippen LogP contribution in [0.15, 0.2) is 24.3 Å². The Morgan fingerprint density at radius 3 is 2.63 bits per heavy atom. The number of anilines is 1. The van der Waals surface area contributed by atoms with Gasteiger partial charge in [-0.1, -0.05) is 13.3 Å². The minimum atomic E-state index is -0.692. The smallest absolute Gasteiger partial charge is 0.256 e. The minimum Gasteiger partial charge on any atom is -0.494 e. The summed E-state index contributed by atoms with van der Waals surface area (Å²) < 4.78 is 11.5. The van der Waals surface area contributed by atoms with Crippen LogP contribution < -0.4 is 10.1 Å². The third-order valence-corrected chi connectivity index (χ3v) is 5.96. The predicted octanol–water partition coefficient (Wildman–Crippen LogP) is 4.09. The number of ether oxygens (including phenoxy) is 2. The number of nitrogens with zero attached hydrogens (tertiary/aromatic N) is 1. The Morgan fingerprint density at radius 1 is 1.22 bits per heavy atom. The normalized spacial score (nSPS) is 26.1. The highest BCUT2D eigenvalue weighted by atomic mass is 16.5. The molecule has 1 aromatic rings. The Hall–Kier alpha value is -1.59. The van der Waals surface area contributed by atoms with Crippen molar-refractivity contribution in [3.8, 4) is 5.75 Å². The Kier molecular flexibility index (Phi) is 7.13. The zero-order valence-corrected chi connectivity index (χ0v) is 16.8. The van der Waals surface area contributed by atoms with Crippen molar-refractivity contribution in [1.29, 1.82) is 0 Å². The van der Waals surface area contributed by atoms with Crippen LogP contribution in [0.2, 0.25) is 0 Å². The molecule has 1 heterocycles. The Labute approximate surface area is 163 Å². The molecule has 27 heavy (non-hydrogen) atoms. The number of hydrogen-bond donors (Lipinski definition) is 1. The standard InChI is InChI=1S/C22H34N2O3/c1-18-7-5-12-22(17-18,26-2)21(25)23-19-8-10-20(11-9-19)27-16-6-15-24-13-3-4-14-24/h8-11,18H,3-7,12-17H2,1-2H3,(H,23,25).